The van der Waals surface area contributed by atoms with Crippen LogP contribution in [0.2, 0.25) is 0 Å². The van der Waals surface area contributed by atoms with Crippen LogP contribution in [0.4, 0.5) is 0 Å². The Hall–Kier alpha value is -1.01. The predicted molar refractivity (Wildman–Crippen MR) is 80.3 cm³/mol. The lowest BCUT2D eigenvalue weighted by atomic mass is 10.2. The minimum Gasteiger partial charge on any atom is -0.297 e. The average molecular weight is 294 g/mol. The van der Waals surface area contributed by atoms with Crippen LogP contribution in [0.15, 0.2) is 0 Å². The van der Waals surface area contributed by atoms with Crippen LogP contribution in [0, 0.1) is 4.77 Å². The molecule has 1 aliphatic carbocycles. The van der Waals surface area contributed by atoms with Crippen molar-refractivity contribution in [3.63, 3.8) is 0 Å². The van der Waals surface area contributed by atoms with Crippen molar-refractivity contribution in [2.45, 2.75) is 52.0 Å². The highest BCUT2D eigenvalue weighted by molar-refractivity contribution is 7.71. The first-order chi connectivity index (χ1) is 9.11. The zero-order valence-electron chi connectivity index (χ0n) is 11.4. The fraction of sp³-hybridized carbons (Fsp3) is 0.615. The van der Waals surface area contributed by atoms with Crippen molar-refractivity contribution in [1.82, 2.24) is 19.7 Å². The quantitative estimate of drug-likeness (QED) is 0.864. The second-order valence-corrected chi connectivity index (χ2v) is 6.69. The van der Waals surface area contributed by atoms with Gasteiger partial charge in [0.2, 0.25) is 0 Å². The lowest BCUT2D eigenvalue weighted by Crippen LogP contribution is -2.03. The van der Waals surface area contributed by atoms with Gasteiger partial charge in [0.15, 0.2) is 10.6 Å². The van der Waals surface area contributed by atoms with Gasteiger partial charge < -0.3 is 0 Å². The van der Waals surface area contributed by atoms with E-state index in [0.717, 1.165) is 17.9 Å². The summed E-state index contributed by atoms with van der Waals surface area (Å²) in [5.41, 5.74) is 1.16. The first kappa shape index (κ1) is 13.0. The maximum atomic E-state index is 5.33. The topological polar surface area (TPSA) is 46.5 Å². The molecule has 102 valence electrons. The lowest BCUT2D eigenvalue weighted by molar-refractivity contribution is 0.597. The summed E-state index contributed by atoms with van der Waals surface area (Å²) in [6, 6.07) is 0.303. The number of aryl methyl sites for hydroxylation is 1. The van der Waals surface area contributed by atoms with Gasteiger partial charge in [0, 0.05) is 12.0 Å². The third-order valence-corrected chi connectivity index (χ3v) is 4.94. The van der Waals surface area contributed by atoms with Crippen LogP contribution in [0.3, 0.4) is 0 Å². The molecule has 1 saturated carbocycles. The molecule has 0 spiro atoms. The molecule has 0 unspecified atom stereocenters. The molecule has 0 saturated heterocycles. The predicted octanol–water partition coefficient (Wildman–Crippen LogP) is 4.08. The molecule has 0 radical (unpaired) electrons. The smallest absolute Gasteiger partial charge is 0.195 e. The summed E-state index contributed by atoms with van der Waals surface area (Å²) >= 11 is 7.12. The van der Waals surface area contributed by atoms with E-state index in [4.69, 9.17) is 17.2 Å². The van der Waals surface area contributed by atoms with Gasteiger partial charge in [-0.2, -0.15) is 5.10 Å². The summed E-state index contributed by atoms with van der Waals surface area (Å²) in [7, 11) is 0. The molecule has 3 rings (SSSR count). The van der Waals surface area contributed by atoms with E-state index in [1.165, 1.54) is 22.7 Å². The number of H-pyrrole nitrogens is 1. The Kier molecular flexibility index (Phi) is 3.30. The van der Waals surface area contributed by atoms with E-state index in [1.54, 1.807) is 11.3 Å². The molecular formula is C13H18N4S2. The third-order valence-electron chi connectivity index (χ3n) is 3.40. The van der Waals surface area contributed by atoms with Crippen LogP contribution in [-0.2, 0) is 6.42 Å². The van der Waals surface area contributed by atoms with Gasteiger partial charge >= 0.3 is 0 Å². The van der Waals surface area contributed by atoms with E-state index in [9.17, 15) is 0 Å². The van der Waals surface area contributed by atoms with E-state index in [-0.39, 0.29) is 0 Å². The van der Waals surface area contributed by atoms with Crippen molar-refractivity contribution < 1.29 is 0 Å². The Morgan fingerprint density at radius 3 is 2.79 bits per heavy atom. The number of thiazole rings is 1. The highest BCUT2D eigenvalue weighted by Crippen LogP contribution is 2.44. The Labute approximate surface area is 121 Å². The van der Waals surface area contributed by atoms with Gasteiger partial charge in [-0.25, -0.2) is 4.98 Å². The molecule has 2 aromatic heterocycles. The molecule has 0 aliphatic heterocycles. The highest BCUT2D eigenvalue weighted by Gasteiger charge is 2.29. The number of aromatic amines is 1. The Bertz CT molecular complexity index is 646. The van der Waals surface area contributed by atoms with Crippen molar-refractivity contribution in [3.05, 3.63) is 15.5 Å². The standard InChI is InChI=1S/C13H18N4S2/c1-4-9-10(19-12(14-9)8-5-6-8)11-15-16-13(18)17(11)7(2)3/h7-8H,4-6H2,1-3H3,(H,16,18). The highest BCUT2D eigenvalue weighted by atomic mass is 32.1. The zero-order chi connectivity index (χ0) is 13.6. The Morgan fingerprint density at radius 2 is 2.21 bits per heavy atom. The summed E-state index contributed by atoms with van der Waals surface area (Å²) in [5.74, 6) is 1.64. The molecule has 0 atom stereocenters. The maximum absolute atomic E-state index is 5.33. The minimum absolute atomic E-state index is 0.303. The molecule has 1 N–H and O–H groups in total. The molecule has 2 heterocycles. The first-order valence-corrected chi connectivity index (χ1v) is 8.01. The van der Waals surface area contributed by atoms with Crippen LogP contribution in [-0.4, -0.2) is 19.7 Å². The van der Waals surface area contributed by atoms with E-state index in [2.05, 4.69) is 35.5 Å². The largest absolute Gasteiger partial charge is 0.297 e. The van der Waals surface area contributed by atoms with E-state index < -0.39 is 0 Å². The number of hydrogen-bond acceptors (Lipinski definition) is 4. The third kappa shape index (κ3) is 2.27. The summed E-state index contributed by atoms with van der Waals surface area (Å²) in [4.78, 5) is 5.98. The van der Waals surface area contributed by atoms with Crippen molar-refractivity contribution in [2.24, 2.45) is 0 Å². The van der Waals surface area contributed by atoms with Crippen LogP contribution < -0.4 is 0 Å². The number of nitrogens with zero attached hydrogens (tertiary/aromatic N) is 3. The molecule has 1 fully saturated rings. The fourth-order valence-corrected chi connectivity index (χ4v) is 3.89. The van der Waals surface area contributed by atoms with E-state index >= 15 is 0 Å². The monoisotopic (exact) mass is 294 g/mol. The summed E-state index contributed by atoms with van der Waals surface area (Å²) in [5, 5.41) is 8.62. The van der Waals surface area contributed by atoms with Gasteiger partial charge in [-0.1, -0.05) is 6.92 Å². The fourth-order valence-electron chi connectivity index (χ4n) is 2.23. The number of nitrogens with one attached hydrogen (secondary N) is 1. The van der Waals surface area contributed by atoms with Crippen molar-refractivity contribution >= 4 is 23.6 Å². The average Bonchev–Trinajstić information content (AvgIpc) is 3.01. The minimum atomic E-state index is 0.303. The molecule has 6 heteroatoms. The lowest BCUT2D eigenvalue weighted by Gasteiger charge is -2.09. The van der Waals surface area contributed by atoms with Crippen LogP contribution in [0.5, 0.6) is 0 Å². The van der Waals surface area contributed by atoms with Crippen LogP contribution in [0.25, 0.3) is 10.7 Å². The van der Waals surface area contributed by atoms with Crippen LogP contribution in [0.1, 0.15) is 56.3 Å². The second-order valence-electron chi connectivity index (χ2n) is 5.27. The molecular weight excluding hydrogens is 276 g/mol. The normalized spacial score (nSPS) is 15.4. The first-order valence-electron chi connectivity index (χ1n) is 6.78. The number of rotatable bonds is 4. The SMILES string of the molecule is CCc1nc(C2CC2)sc1-c1n[nH]c(=S)n1C(C)C. The van der Waals surface area contributed by atoms with E-state index in [0.29, 0.717) is 16.7 Å². The van der Waals surface area contributed by atoms with Gasteiger partial charge in [0.1, 0.15) is 0 Å². The van der Waals surface area contributed by atoms with Gasteiger partial charge in [-0.05, 0) is 45.3 Å². The summed E-state index contributed by atoms with van der Waals surface area (Å²) in [6.45, 7) is 6.41. The van der Waals surface area contributed by atoms with Crippen molar-refractivity contribution in [2.75, 3.05) is 0 Å². The Morgan fingerprint density at radius 1 is 1.47 bits per heavy atom. The molecule has 4 nitrogen and oxygen atoms in total. The molecule has 19 heavy (non-hydrogen) atoms. The zero-order valence-corrected chi connectivity index (χ0v) is 13.1. The van der Waals surface area contributed by atoms with Gasteiger partial charge in [0.25, 0.3) is 0 Å². The molecule has 0 bridgehead atoms. The van der Waals surface area contributed by atoms with Crippen molar-refractivity contribution in [1.29, 1.82) is 0 Å². The van der Waals surface area contributed by atoms with Gasteiger partial charge in [-0.3, -0.25) is 9.67 Å². The summed E-state index contributed by atoms with van der Waals surface area (Å²) < 4.78 is 2.77. The second kappa shape index (κ2) is 4.83. The number of aromatic nitrogens is 4. The Balaban J connectivity index is 2.13. The van der Waals surface area contributed by atoms with Crippen LogP contribution >= 0.6 is 23.6 Å². The molecule has 2 aromatic rings. The van der Waals surface area contributed by atoms with Gasteiger partial charge in [-0.15, -0.1) is 11.3 Å². The summed E-state index contributed by atoms with van der Waals surface area (Å²) in [6.07, 6.45) is 3.51. The maximum Gasteiger partial charge on any atom is 0.195 e. The molecule has 0 amide bonds. The van der Waals surface area contributed by atoms with Gasteiger partial charge in [0.05, 0.1) is 15.6 Å². The van der Waals surface area contributed by atoms with E-state index in [1.807, 2.05) is 0 Å². The molecule has 0 aromatic carbocycles. The number of hydrogen-bond donors (Lipinski definition) is 1. The molecule has 1 aliphatic rings. The van der Waals surface area contributed by atoms with Crippen molar-refractivity contribution in [3.8, 4) is 10.7 Å².